The highest BCUT2D eigenvalue weighted by molar-refractivity contribution is 4.97. The van der Waals surface area contributed by atoms with Gasteiger partial charge in [-0.25, -0.2) is 4.98 Å². The molecule has 1 saturated heterocycles. The Morgan fingerprint density at radius 3 is 2.89 bits per heavy atom. The molecule has 1 atom stereocenters. The summed E-state index contributed by atoms with van der Waals surface area (Å²) >= 11 is 0. The molecule has 1 fully saturated rings. The van der Waals surface area contributed by atoms with Crippen molar-refractivity contribution in [3.8, 4) is 0 Å². The minimum Gasteiger partial charge on any atom is -0.381 e. The Labute approximate surface area is 110 Å². The molecule has 1 aliphatic heterocycles. The number of hydrogen-bond acceptors (Lipinski definition) is 3. The number of aryl methyl sites for hydroxylation is 1. The van der Waals surface area contributed by atoms with Crippen LogP contribution in [0.3, 0.4) is 0 Å². The third-order valence-electron chi connectivity index (χ3n) is 3.85. The number of nitrogens with one attached hydrogen (secondary N) is 1. The van der Waals surface area contributed by atoms with Crippen LogP contribution < -0.4 is 5.32 Å². The monoisotopic (exact) mass is 251 g/mol. The lowest BCUT2D eigenvalue weighted by molar-refractivity contribution is 0.0536. The van der Waals surface area contributed by atoms with E-state index in [0.717, 1.165) is 38.6 Å². The van der Waals surface area contributed by atoms with Gasteiger partial charge in [0.15, 0.2) is 0 Å². The van der Waals surface area contributed by atoms with Crippen molar-refractivity contribution in [1.29, 1.82) is 0 Å². The minimum atomic E-state index is 0.534. The molecule has 1 unspecified atom stereocenters. The van der Waals surface area contributed by atoms with Crippen molar-refractivity contribution in [1.82, 2.24) is 14.9 Å². The fourth-order valence-corrected chi connectivity index (χ4v) is 2.80. The Balaban J connectivity index is 2.00. The van der Waals surface area contributed by atoms with Crippen LogP contribution in [0.4, 0.5) is 0 Å². The Kier molecular flexibility index (Phi) is 5.20. The zero-order valence-electron chi connectivity index (χ0n) is 11.6. The van der Waals surface area contributed by atoms with E-state index in [0.29, 0.717) is 6.04 Å². The van der Waals surface area contributed by atoms with Crippen LogP contribution in [0.5, 0.6) is 0 Å². The molecule has 2 rings (SSSR count). The Morgan fingerprint density at radius 1 is 1.44 bits per heavy atom. The van der Waals surface area contributed by atoms with Gasteiger partial charge in [-0.15, -0.1) is 0 Å². The van der Waals surface area contributed by atoms with E-state index in [-0.39, 0.29) is 0 Å². The van der Waals surface area contributed by atoms with Crippen LogP contribution in [0.15, 0.2) is 12.4 Å². The predicted octanol–water partition coefficient (Wildman–Crippen LogP) is 1.85. The molecule has 0 amide bonds. The molecule has 0 spiro atoms. The van der Waals surface area contributed by atoms with Crippen molar-refractivity contribution in [2.45, 2.75) is 45.7 Å². The number of ether oxygens (including phenoxy) is 1. The second kappa shape index (κ2) is 6.90. The number of imidazole rings is 1. The fraction of sp³-hybridized carbons (Fsp3) is 0.786. The first-order valence-electron chi connectivity index (χ1n) is 7.16. The molecule has 102 valence electrons. The molecule has 0 saturated carbocycles. The minimum absolute atomic E-state index is 0.534. The molecule has 4 heteroatoms. The van der Waals surface area contributed by atoms with Gasteiger partial charge in [-0.2, -0.15) is 0 Å². The average molecular weight is 251 g/mol. The molecule has 2 heterocycles. The normalized spacial score (nSPS) is 19.0. The van der Waals surface area contributed by atoms with Gasteiger partial charge in [-0.3, -0.25) is 0 Å². The maximum atomic E-state index is 5.46. The van der Waals surface area contributed by atoms with E-state index in [1.807, 2.05) is 6.20 Å². The molecule has 0 bridgehead atoms. The van der Waals surface area contributed by atoms with Gasteiger partial charge in [0.2, 0.25) is 0 Å². The Morgan fingerprint density at radius 2 is 2.22 bits per heavy atom. The third kappa shape index (κ3) is 3.33. The van der Waals surface area contributed by atoms with Crippen LogP contribution in [0.25, 0.3) is 0 Å². The van der Waals surface area contributed by atoms with Gasteiger partial charge in [0.25, 0.3) is 0 Å². The average Bonchev–Trinajstić information content (AvgIpc) is 2.86. The molecule has 0 aromatic carbocycles. The molecular weight excluding hydrogens is 226 g/mol. The second-order valence-corrected chi connectivity index (χ2v) is 4.95. The molecule has 1 aromatic rings. The maximum Gasteiger partial charge on any atom is 0.110 e. The van der Waals surface area contributed by atoms with Crippen molar-refractivity contribution in [2.24, 2.45) is 5.92 Å². The number of hydrogen-bond donors (Lipinski definition) is 1. The highest BCUT2D eigenvalue weighted by Gasteiger charge is 2.24. The first-order valence-corrected chi connectivity index (χ1v) is 7.16. The van der Waals surface area contributed by atoms with Crippen LogP contribution in [0.1, 0.15) is 32.5 Å². The van der Waals surface area contributed by atoms with Gasteiger partial charge in [0, 0.05) is 44.6 Å². The highest BCUT2D eigenvalue weighted by Crippen LogP contribution is 2.21. The van der Waals surface area contributed by atoms with Crippen LogP contribution in [0, 0.1) is 5.92 Å². The van der Waals surface area contributed by atoms with E-state index < -0.39 is 0 Å². The molecule has 1 N–H and O–H groups in total. The summed E-state index contributed by atoms with van der Waals surface area (Å²) in [5, 5.41) is 3.63. The summed E-state index contributed by atoms with van der Waals surface area (Å²) in [5.74, 6) is 1.93. The first kappa shape index (κ1) is 13.6. The summed E-state index contributed by atoms with van der Waals surface area (Å²) in [6.45, 7) is 8.20. The van der Waals surface area contributed by atoms with Crippen molar-refractivity contribution < 1.29 is 4.74 Å². The lowest BCUT2D eigenvalue weighted by Gasteiger charge is -2.30. The zero-order valence-corrected chi connectivity index (χ0v) is 11.6. The largest absolute Gasteiger partial charge is 0.381 e. The van der Waals surface area contributed by atoms with E-state index in [2.05, 4.69) is 34.9 Å². The van der Waals surface area contributed by atoms with Gasteiger partial charge < -0.3 is 14.6 Å². The van der Waals surface area contributed by atoms with Crippen molar-refractivity contribution in [3.05, 3.63) is 18.2 Å². The van der Waals surface area contributed by atoms with E-state index in [9.17, 15) is 0 Å². The van der Waals surface area contributed by atoms with Gasteiger partial charge in [0.1, 0.15) is 5.82 Å². The van der Waals surface area contributed by atoms with E-state index in [4.69, 9.17) is 4.74 Å². The maximum absolute atomic E-state index is 5.46. The fourth-order valence-electron chi connectivity index (χ4n) is 2.80. The van der Waals surface area contributed by atoms with E-state index in [1.54, 1.807) is 0 Å². The van der Waals surface area contributed by atoms with Crippen molar-refractivity contribution in [2.75, 3.05) is 19.8 Å². The summed E-state index contributed by atoms with van der Waals surface area (Å²) in [6, 6.07) is 0.534. The summed E-state index contributed by atoms with van der Waals surface area (Å²) in [7, 11) is 0. The highest BCUT2D eigenvalue weighted by atomic mass is 16.5. The predicted molar refractivity (Wildman–Crippen MR) is 72.6 cm³/mol. The summed E-state index contributed by atoms with van der Waals surface area (Å²) in [5.41, 5.74) is 0. The first-order chi connectivity index (χ1) is 8.85. The van der Waals surface area contributed by atoms with Gasteiger partial charge in [-0.1, -0.05) is 6.92 Å². The molecule has 4 nitrogen and oxygen atoms in total. The molecule has 1 aromatic heterocycles. The molecular formula is C14H25N3O. The standard InChI is InChI=1S/C14H25N3O/c1-3-15-13(12-5-9-18-10-6-12)11-14-16-7-8-17(14)4-2/h7-8,12-13,15H,3-6,9-11H2,1-2H3. The molecule has 0 radical (unpaired) electrons. The summed E-state index contributed by atoms with van der Waals surface area (Å²) in [6.07, 6.45) is 7.35. The van der Waals surface area contributed by atoms with Crippen LogP contribution >= 0.6 is 0 Å². The number of aromatic nitrogens is 2. The third-order valence-corrected chi connectivity index (χ3v) is 3.85. The van der Waals surface area contributed by atoms with Gasteiger partial charge in [-0.05, 0) is 32.2 Å². The molecule has 1 aliphatic rings. The quantitative estimate of drug-likeness (QED) is 0.838. The summed E-state index contributed by atoms with van der Waals surface area (Å²) in [4.78, 5) is 4.50. The van der Waals surface area contributed by atoms with Crippen LogP contribution in [-0.4, -0.2) is 35.4 Å². The SMILES string of the molecule is CCNC(Cc1nccn1CC)C1CCOCC1. The smallest absolute Gasteiger partial charge is 0.110 e. The van der Waals surface area contributed by atoms with Crippen LogP contribution in [0.2, 0.25) is 0 Å². The lowest BCUT2D eigenvalue weighted by Crippen LogP contribution is -2.41. The second-order valence-electron chi connectivity index (χ2n) is 4.95. The van der Waals surface area contributed by atoms with E-state index in [1.165, 1.54) is 18.7 Å². The number of rotatable bonds is 6. The zero-order chi connectivity index (χ0) is 12.8. The van der Waals surface area contributed by atoms with Crippen molar-refractivity contribution in [3.63, 3.8) is 0 Å². The lowest BCUT2D eigenvalue weighted by atomic mass is 9.89. The topological polar surface area (TPSA) is 39.1 Å². The van der Waals surface area contributed by atoms with Gasteiger partial charge >= 0.3 is 0 Å². The molecule has 18 heavy (non-hydrogen) atoms. The van der Waals surface area contributed by atoms with Gasteiger partial charge in [0.05, 0.1) is 0 Å². The summed E-state index contributed by atoms with van der Waals surface area (Å²) < 4.78 is 7.70. The van der Waals surface area contributed by atoms with E-state index >= 15 is 0 Å². The molecule has 0 aliphatic carbocycles. The Bertz CT molecular complexity index is 345. The number of likely N-dealkylation sites (N-methyl/N-ethyl adjacent to an activating group) is 1. The van der Waals surface area contributed by atoms with Crippen LogP contribution in [-0.2, 0) is 17.7 Å². The number of nitrogens with zero attached hydrogens (tertiary/aromatic N) is 2. The van der Waals surface area contributed by atoms with Crippen molar-refractivity contribution >= 4 is 0 Å². The Hall–Kier alpha value is -0.870.